The molecule has 0 saturated carbocycles. The molecule has 2 N–H and O–H groups in total. The highest BCUT2D eigenvalue weighted by Crippen LogP contribution is 2.33. The van der Waals surface area contributed by atoms with Gasteiger partial charge in [-0.2, -0.15) is 13.2 Å². The van der Waals surface area contributed by atoms with Crippen molar-refractivity contribution < 1.29 is 60.5 Å². The second kappa shape index (κ2) is 8.73. The number of hydrogen-bond donors (Lipinski definition) is 2. The monoisotopic (exact) mass is 418 g/mol. The van der Waals surface area contributed by atoms with Crippen LogP contribution in [0.5, 0.6) is 0 Å². The van der Waals surface area contributed by atoms with Gasteiger partial charge in [0, 0.05) is 24.8 Å². The number of carbonyl (C=O) groups excluding carboxylic acids is 4. The van der Waals surface area contributed by atoms with Crippen molar-refractivity contribution in [1.29, 1.82) is 0 Å². The Morgan fingerprint density at radius 2 is 1.64 bits per heavy atom. The number of amides is 1. The van der Waals surface area contributed by atoms with Gasteiger partial charge in [0.25, 0.3) is 0 Å². The number of rotatable bonds is 5. The van der Waals surface area contributed by atoms with Gasteiger partial charge in [-0.05, 0) is 6.92 Å². The predicted molar refractivity (Wildman–Crippen MR) is 81.2 cm³/mol. The standard InChI is InChI=1S/C15H20F3NO9/c1-6(20)25-5-9-10(26-7(2)21)11(27-8(3)22)12(14(4,24)28-9)19-13(23)15(16,17)18/h9-12,24H,5H2,1-4H3,(H,19,23)/t9-,10+,11+,12-,14?/m1/s1/i1D,2D,3D. The maximum absolute atomic E-state index is 12.7. The molecule has 1 fully saturated rings. The lowest BCUT2D eigenvalue weighted by molar-refractivity contribution is -0.314. The maximum atomic E-state index is 12.7. The highest BCUT2D eigenvalue weighted by atomic mass is 19.4. The van der Waals surface area contributed by atoms with E-state index in [0.717, 1.165) is 6.92 Å². The summed E-state index contributed by atoms with van der Waals surface area (Å²) in [6.45, 7) is -2.79. The smallest absolute Gasteiger partial charge is 0.463 e. The van der Waals surface area contributed by atoms with Crippen LogP contribution in [0.1, 0.15) is 31.7 Å². The first-order valence-corrected chi connectivity index (χ1v) is 7.47. The molecule has 160 valence electrons. The summed E-state index contributed by atoms with van der Waals surface area (Å²) in [5, 5.41) is 11.9. The second-order valence-corrected chi connectivity index (χ2v) is 5.75. The normalized spacial score (nSPS) is 31.5. The zero-order valence-corrected chi connectivity index (χ0v) is 14.5. The van der Waals surface area contributed by atoms with Crippen molar-refractivity contribution in [3.8, 4) is 0 Å². The highest BCUT2D eigenvalue weighted by Gasteiger charge is 2.57. The summed E-state index contributed by atoms with van der Waals surface area (Å²) in [6.07, 6.45) is -10.9. The molecule has 1 saturated heterocycles. The molecule has 1 amide bonds. The fourth-order valence-corrected chi connectivity index (χ4v) is 2.48. The summed E-state index contributed by atoms with van der Waals surface area (Å²) >= 11 is 0. The van der Waals surface area contributed by atoms with E-state index in [2.05, 4.69) is 4.74 Å². The van der Waals surface area contributed by atoms with E-state index >= 15 is 0 Å². The van der Waals surface area contributed by atoms with Gasteiger partial charge in [-0.3, -0.25) is 19.2 Å². The van der Waals surface area contributed by atoms with Crippen LogP contribution < -0.4 is 5.32 Å². The molecule has 1 rings (SSSR count). The molecule has 5 atom stereocenters. The third-order valence-electron chi connectivity index (χ3n) is 3.47. The molecule has 28 heavy (non-hydrogen) atoms. The van der Waals surface area contributed by atoms with Crippen LogP contribution >= 0.6 is 0 Å². The molecule has 1 aliphatic rings. The first-order valence-electron chi connectivity index (χ1n) is 9.59. The van der Waals surface area contributed by atoms with Gasteiger partial charge in [-0.25, -0.2) is 0 Å². The van der Waals surface area contributed by atoms with Gasteiger partial charge in [0.15, 0.2) is 18.0 Å². The lowest BCUT2D eigenvalue weighted by atomic mass is 9.90. The molecule has 1 unspecified atom stereocenters. The third-order valence-corrected chi connectivity index (χ3v) is 3.47. The van der Waals surface area contributed by atoms with Crippen LogP contribution in [0.15, 0.2) is 0 Å². The summed E-state index contributed by atoms with van der Waals surface area (Å²) in [6, 6.07) is -2.15. The van der Waals surface area contributed by atoms with Gasteiger partial charge in [-0.15, -0.1) is 0 Å². The molecule has 0 aromatic heterocycles. The molecule has 0 aromatic rings. The SMILES string of the molecule is [2H]CC(=O)OC[C@H]1OC(C)(O)[C@H](NC(=O)C(F)(F)F)[C@@H](OC(=O)C[2H])[C@H]1OC(=O)C[2H]. The minimum Gasteiger partial charge on any atom is -0.463 e. The summed E-state index contributed by atoms with van der Waals surface area (Å²) < 4.78 is 78.8. The zero-order valence-electron chi connectivity index (χ0n) is 17.5. The second-order valence-electron chi connectivity index (χ2n) is 5.75. The van der Waals surface area contributed by atoms with E-state index in [0.29, 0.717) is 0 Å². The summed E-state index contributed by atoms with van der Waals surface area (Å²) in [4.78, 5) is 46.0. The Morgan fingerprint density at radius 1 is 1.11 bits per heavy atom. The van der Waals surface area contributed by atoms with E-state index in [1.807, 2.05) is 0 Å². The van der Waals surface area contributed by atoms with Gasteiger partial charge < -0.3 is 29.4 Å². The van der Waals surface area contributed by atoms with Crippen molar-refractivity contribution in [2.24, 2.45) is 0 Å². The third kappa shape index (κ3) is 6.34. The van der Waals surface area contributed by atoms with E-state index in [-0.39, 0.29) is 0 Å². The van der Waals surface area contributed by atoms with Gasteiger partial charge in [0.05, 0.1) is 0 Å². The average Bonchev–Trinajstić information content (AvgIpc) is 2.69. The first kappa shape index (κ1) is 18.9. The number of carbonyl (C=O) groups is 4. The Labute approximate surface area is 161 Å². The Balaban J connectivity index is 3.38. The lowest BCUT2D eigenvalue weighted by Crippen LogP contribution is -2.71. The van der Waals surface area contributed by atoms with Crippen LogP contribution in [-0.2, 0) is 38.1 Å². The molecule has 0 spiro atoms. The highest BCUT2D eigenvalue weighted by molar-refractivity contribution is 5.82. The van der Waals surface area contributed by atoms with Crippen molar-refractivity contribution in [2.45, 2.75) is 63.9 Å². The summed E-state index contributed by atoms with van der Waals surface area (Å²) in [5.74, 6) is -8.85. The van der Waals surface area contributed by atoms with Crippen LogP contribution in [0.3, 0.4) is 0 Å². The maximum Gasteiger partial charge on any atom is 0.471 e. The largest absolute Gasteiger partial charge is 0.471 e. The van der Waals surface area contributed by atoms with E-state index in [9.17, 15) is 37.5 Å². The Morgan fingerprint density at radius 3 is 2.14 bits per heavy atom. The number of alkyl halides is 3. The number of ether oxygens (including phenoxy) is 4. The predicted octanol–water partition coefficient (Wildman–Crippen LogP) is -0.433. The Hall–Kier alpha value is -2.41. The molecule has 10 nitrogen and oxygen atoms in total. The van der Waals surface area contributed by atoms with E-state index in [1.54, 1.807) is 0 Å². The van der Waals surface area contributed by atoms with Crippen LogP contribution in [0, 0.1) is 0 Å². The number of nitrogens with one attached hydrogen (secondary N) is 1. The number of esters is 3. The van der Waals surface area contributed by atoms with Gasteiger partial charge in [0.2, 0.25) is 0 Å². The Bertz CT molecular complexity index is 692. The molecular weight excluding hydrogens is 395 g/mol. The fraction of sp³-hybridized carbons (Fsp3) is 0.733. The van der Waals surface area contributed by atoms with Crippen molar-refractivity contribution in [3.63, 3.8) is 0 Å². The average molecular weight is 418 g/mol. The fourth-order valence-electron chi connectivity index (χ4n) is 2.48. The van der Waals surface area contributed by atoms with E-state index < -0.39 is 87.4 Å². The molecule has 13 heteroatoms. The molecule has 1 aliphatic heterocycles. The molecular formula is C15H20F3NO9. The van der Waals surface area contributed by atoms with Crippen molar-refractivity contribution in [1.82, 2.24) is 5.32 Å². The van der Waals surface area contributed by atoms with Crippen molar-refractivity contribution in [2.75, 3.05) is 6.61 Å². The van der Waals surface area contributed by atoms with Gasteiger partial charge in [-0.1, -0.05) is 0 Å². The van der Waals surface area contributed by atoms with Gasteiger partial charge in [0.1, 0.15) is 18.8 Å². The van der Waals surface area contributed by atoms with E-state index in [1.165, 1.54) is 5.32 Å². The quantitative estimate of drug-likeness (QED) is 0.450. The van der Waals surface area contributed by atoms with Crippen LogP contribution in [-0.4, -0.2) is 71.8 Å². The van der Waals surface area contributed by atoms with Crippen LogP contribution in [0.2, 0.25) is 0 Å². The molecule has 0 bridgehead atoms. The van der Waals surface area contributed by atoms with Crippen LogP contribution in [0.25, 0.3) is 0 Å². The summed E-state index contributed by atoms with van der Waals surface area (Å²) in [7, 11) is 0. The van der Waals surface area contributed by atoms with E-state index in [4.69, 9.17) is 18.3 Å². The van der Waals surface area contributed by atoms with Crippen LogP contribution in [0.4, 0.5) is 13.2 Å². The summed E-state index contributed by atoms with van der Waals surface area (Å²) in [5.41, 5.74) is 0. The minimum absolute atomic E-state index is 0.793. The number of hydrogen-bond acceptors (Lipinski definition) is 9. The lowest BCUT2D eigenvalue weighted by Gasteiger charge is -2.48. The number of halogens is 3. The molecule has 1 heterocycles. The Kier molecular flexibility index (Phi) is 5.90. The topological polar surface area (TPSA) is 137 Å². The minimum atomic E-state index is -5.41. The van der Waals surface area contributed by atoms with Gasteiger partial charge >= 0.3 is 30.0 Å². The van der Waals surface area contributed by atoms with Crippen molar-refractivity contribution in [3.05, 3.63) is 0 Å². The zero-order chi connectivity index (χ0) is 24.0. The molecule has 0 radical (unpaired) electrons. The van der Waals surface area contributed by atoms with Crippen molar-refractivity contribution >= 4 is 23.8 Å². The molecule has 0 aliphatic carbocycles. The first-order chi connectivity index (χ1) is 14.3. The number of aliphatic hydroxyl groups is 1. The molecule has 0 aromatic carbocycles.